The topological polar surface area (TPSA) is 122 Å². The lowest BCUT2D eigenvalue weighted by molar-refractivity contribution is -0.130. The predicted octanol–water partition coefficient (Wildman–Crippen LogP) is -0.571. The Morgan fingerprint density at radius 2 is 1.76 bits per heavy atom. The SMILES string of the molecule is CC(=O)N[C@@H](Cc1ccc(O)cc1)C(=O)N[C@@H](C)C(N)=O. The highest BCUT2D eigenvalue weighted by atomic mass is 16.3. The number of aromatic hydroxyl groups is 1. The minimum atomic E-state index is -0.825. The van der Waals surface area contributed by atoms with Gasteiger partial charge in [-0.1, -0.05) is 12.1 Å². The quantitative estimate of drug-likeness (QED) is 0.561. The van der Waals surface area contributed by atoms with Crippen molar-refractivity contribution in [2.24, 2.45) is 5.73 Å². The van der Waals surface area contributed by atoms with E-state index in [9.17, 15) is 19.5 Å². The van der Waals surface area contributed by atoms with Crippen LogP contribution in [0.3, 0.4) is 0 Å². The molecule has 0 aromatic heterocycles. The van der Waals surface area contributed by atoms with E-state index in [0.29, 0.717) is 0 Å². The molecule has 0 unspecified atom stereocenters. The summed E-state index contributed by atoms with van der Waals surface area (Å²) < 4.78 is 0. The minimum absolute atomic E-state index is 0.113. The molecule has 7 nitrogen and oxygen atoms in total. The van der Waals surface area contributed by atoms with Crippen LogP contribution in [0.1, 0.15) is 19.4 Å². The summed E-state index contributed by atoms with van der Waals surface area (Å²) in [5.41, 5.74) is 5.84. The van der Waals surface area contributed by atoms with Gasteiger partial charge < -0.3 is 21.5 Å². The normalized spacial score (nSPS) is 13.0. The van der Waals surface area contributed by atoms with Crippen LogP contribution in [0.25, 0.3) is 0 Å². The number of primary amides is 1. The molecule has 0 fully saturated rings. The summed E-state index contributed by atoms with van der Waals surface area (Å²) >= 11 is 0. The molecule has 21 heavy (non-hydrogen) atoms. The molecule has 7 heteroatoms. The third-order valence-corrected chi connectivity index (χ3v) is 2.86. The van der Waals surface area contributed by atoms with E-state index in [1.807, 2.05) is 0 Å². The van der Waals surface area contributed by atoms with Crippen molar-refractivity contribution in [3.63, 3.8) is 0 Å². The van der Waals surface area contributed by atoms with E-state index in [0.717, 1.165) is 5.56 Å². The van der Waals surface area contributed by atoms with Crippen molar-refractivity contribution in [3.05, 3.63) is 29.8 Å². The number of carbonyl (C=O) groups is 3. The third kappa shape index (κ3) is 5.52. The fourth-order valence-electron chi connectivity index (χ4n) is 1.71. The number of amides is 3. The molecule has 0 aliphatic rings. The van der Waals surface area contributed by atoms with Crippen molar-refractivity contribution in [2.75, 3.05) is 0 Å². The molecule has 0 saturated carbocycles. The monoisotopic (exact) mass is 293 g/mol. The summed E-state index contributed by atoms with van der Waals surface area (Å²) in [6, 6.07) is 4.63. The van der Waals surface area contributed by atoms with Crippen LogP contribution in [0, 0.1) is 0 Å². The van der Waals surface area contributed by atoms with E-state index in [1.165, 1.54) is 26.0 Å². The number of phenols is 1. The third-order valence-electron chi connectivity index (χ3n) is 2.86. The summed E-state index contributed by atoms with van der Waals surface area (Å²) in [6.45, 7) is 2.76. The van der Waals surface area contributed by atoms with Gasteiger partial charge in [0.2, 0.25) is 17.7 Å². The summed E-state index contributed by atoms with van der Waals surface area (Å²) in [7, 11) is 0. The van der Waals surface area contributed by atoms with Crippen molar-refractivity contribution in [1.82, 2.24) is 10.6 Å². The standard InChI is InChI=1S/C14H19N3O4/c1-8(13(15)20)16-14(21)12(17-9(2)18)7-10-3-5-11(19)6-4-10/h3-6,8,12,19H,7H2,1-2H3,(H2,15,20)(H,16,21)(H,17,18)/t8-,12-/m0/s1. The van der Waals surface area contributed by atoms with Gasteiger partial charge in [-0.3, -0.25) is 14.4 Å². The van der Waals surface area contributed by atoms with Gasteiger partial charge >= 0.3 is 0 Å². The van der Waals surface area contributed by atoms with Gasteiger partial charge in [0.25, 0.3) is 0 Å². The van der Waals surface area contributed by atoms with Crippen LogP contribution >= 0.6 is 0 Å². The number of benzene rings is 1. The first kappa shape index (κ1) is 16.5. The van der Waals surface area contributed by atoms with Gasteiger partial charge in [0.15, 0.2) is 0 Å². The largest absolute Gasteiger partial charge is 0.508 e. The molecule has 0 spiro atoms. The second-order valence-electron chi connectivity index (χ2n) is 4.76. The average molecular weight is 293 g/mol. The number of hydrogen-bond acceptors (Lipinski definition) is 4. The first-order chi connectivity index (χ1) is 9.79. The molecule has 1 aromatic rings. The van der Waals surface area contributed by atoms with Crippen LogP contribution in [-0.4, -0.2) is 34.9 Å². The lowest BCUT2D eigenvalue weighted by Crippen LogP contribution is -2.52. The first-order valence-corrected chi connectivity index (χ1v) is 6.44. The molecule has 0 aliphatic carbocycles. The fraction of sp³-hybridized carbons (Fsp3) is 0.357. The Bertz CT molecular complexity index is 528. The zero-order valence-electron chi connectivity index (χ0n) is 11.9. The van der Waals surface area contributed by atoms with Gasteiger partial charge in [0, 0.05) is 13.3 Å². The van der Waals surface area contributed by atoms with E-state index >= 15 is 0 Å². The smallest absolute Gasteiger partial charge is 0.243 e. The van der Waals surface area contributed by atoms with Crippen LogP contribution in [-0.2, 0) is 20.8 Å². The lowest BCUT2D eigenvalue weighted by atomic mass is 10.0. The van der Waals surface area contributed by atoms with Crippen molar-refractivity contribution in [1.29, 1.82) is 0 Å². The maximum atomic E-state index is 12.1. The molecule has 3 amide bonds. The Labute approximate surface area is 122 Å². The van der Waals surface area contributed by atoms with Crippen LogP contribution in [0.15, 0.2) is 24.3 Å². The summed E-state index contributed by atoms with van der Waals surface area (Å²) in [5, 5.41) is 14.2. The van der Waals surface area contributed by atoms with Gasteiger partial charge in [-0.25, -0.2) is 0 Å². The average Bonchev–Trinajstić information content (AvgIpc) is 2.39. The number of phenolic OH excluding ortho intramolecular Hbond substituents is 1. The van der Waals surface area contributed by atoms with Crippen molar-refractivity contribution >= 4 is 17.7 Å². The Morgan fingerprint density at radius 3 is 2.24 bits per heavy atom. The fourth-order valence-corrected chi connectivity index (χ4v) is 1.71. The second kappa shape index (κ2) is 7.28. The number of rotatable bonds is 6. The van der Waals surface area contributed by atoms with Gasteiger partial charge in [-0.15, -0.1) is 0 Å². The highest BCUT2D eigenvalue weighted by Gasteiger charge is 2.22. The van der Waals surface area contributed by atoms with E-state index in [1.54, 1.807) is 12.1 Å². The van der Waals surface area contributed by atoms with Crippen LogP contribution < -0.4 is 16.4 Å². The summed E-state index contributed by atoms with van der Waals surface area (Å²) in [5.74, 6) is -1.40. The lowest BCUT2D eigenvalue weighted by Gasteiger charge is -2.19. The molecule has 2 atom stereocenters. The van der Waals surface area contributed by atoms with E-state index in [-0.39, 0.29) is 18.1 Å². The molecular weight excluding hydrogens is 274 g/mol. The predicted molar refractivity (Wildman–Crippen MR) is 76.2 cm³/mol. The maximum Gasteiger partial charge on any atom is 0.243 e. The van der Waals surface area contributed by atoms with Gasteiger partial charge in [-0.2, -0.15) is 0 Å². The summed E-state index contributed by atoms with van der Waals surface area (Å²) in [4.78, 5) is 34.2. The molecule has 1 rings (SSSR count). The molecule has 1 aromatic carbocycles. The number of hydrogen-bond donors (Lipinski definition) is 4. The molecule has 0 heterocycles. The van der Waals surface area contributed by atoms with Crippen molar-refractivity contribution in [2.45, 2.75) is 32.4 Å². The zero-order valence-corrected chi connectivity index (χ0v) is 11.9. The molecule has 0 saturated heterocycles. The van der Waals surface area contributed by atoms with Gasteiger partial charge in [0.1, 0.15) is 17.8 Å². The van der Waals surface area contributed by atoms with E-state index in [2.05, 4.69) is 10.6 Å². The number of nitrogens with one attached hydrogen (secondary N) is 2. The second-order valence-corrected chi connectivity index (χ2v) is 4.76. The molecule has 0 aliphatic heterocycles. The van der Waals surface area contributed by atoms with Crippen molar-refractivity contribution in [3.8, 4) is 5.75 Å². The highest BCUT2D eigenvalue weighted by molar-refractivity contribution is 5.91. The molecule has 0 radical (unpaired) electrons. The van der Waals surface area contributed by atoms with E-state index < -0.39 is 23.9 Å². The zero-order chi connectivity index (χ0) is 16.0. The first-order valence-electron chi connectivity index (χ1n) is 6.44. The van der Waals surface area contributed by atoms with Gasteiger partial charge in [-0.05, 0) is 24.6 Å². The van der Waals surface area contributed by atoms with Crippen molar-refractivity contribution < 1.29 is 19.5 Å². The van der Waals surface area contributed by atoms with Crippen LogP contribution in [0.4, 0.5) is 0 Å². The Hall–Kier alpha value is -2.57. The number of carbonyl (C=O) groups excluding carboxylic acids is 3. The van der Waals surface area contributed by atoms with Crippen LogP contribution in [0.5, 0.6) is 5.75 Å². The van der Waals surface area contributed by atoms with Crippen LogP contribution in [0.2, 0.25) is 0 Å². The van der Waals surface area contributed by atoms with Gasteiger partial charge in [0.05, 0.1) is 0 Å². The summed E-state index contributed by atoms with van der Waals surface area (Å²) in [6.07, 6.45) is 0.233. The Morgan fingerprint density at radius 1 is 1.19 bits per heavy atom. The maximum absolute atomic E-state index is 12.1. The Kier molecular flexibility index (Phi) is 5.71. The highest BCUT2D eigenvalue weighted by Crippen LogP contribution is 2.11. The molecule has 0 bridgehead atoms. The molecule has 114 valence electrons. The Balaban J connectivity index is 2.79. The molecule has 5 N–H and O–H groups in total. The molecular formula is C14H19N3O4. The number of nitrogens with two attached hydrogens (primary N) is 1. The van der Waals surface area contributed by atoms with E-state index in [4.69, 9.17) is 5.73 Å². The minimum Gasteiger partial charge on any atom is -0.508 e.